The van der Waals surface area contributed by atoms with E-state index in [1.807, 2.05) is 6.08 Å². The van der Waals surface area contributed by atoms with Crippen LogP contribution in [0, 0.1) is 0 Å². The van der Waals surface area contributed by atoms with Crippen LogP contribution in [0.5, 0.6) is 0 Å². The molecule has 2 rings (SSSR count). The van der Waals surface area contributed by atoms with Gasteiger partial charge in [-0.1, -0.05) is 31.2 Å². The summed E-state index contributed by atoms with van der Waals surface area (Å²) in [6, 6.07) is 10.6. The Hall–Kier alpha value is -1.50. The van der Waals surface area contributed by atoms with Crippen LogP contribution in [-0.4, -0.2) is 4.98 Å². The number of H-pyrrole nitrogens is 1. The van der Waals surface area contributed by atoms with Gasteiger partial charge in [0.25, 0.3) is 0 Å². The maximum absolute atomic E-state index is 3.77. The molecule has 0 spiro atoms. The second-order valence-electron chi connectivity index (χ2n) is 3.74. The van der Waals surface area contributed by atoms with E-state index < -0.39 is 0 Å². The van der Waals surface area contributed by atoms with Crippen molar-refractivity contribution in [2.24, 2.45) is 0 Å². The van der Waals surface area contributed by atoms with E-state index in [0.717, 1.165) is 6.42 Å². The number of benzene rings is 1. The van der Waals surface area contributed by atoms with Crippen molar-refractivity contribution in [2.45, 2.75) is 19.3 Å². The summed E-state index contributed by atoms with van der Waals surface area (Å²) in [4.78, 5) is 3.43. The molecule has 1 aromatic heterocycles. The van der Waals surface area contributed by atoms with Crippen molar-refractivity contribution < 1.29 is 0 Å². The minimum atomic E-state index is 0.528. The predicted molar refractivity (Wildman–Crippen MR) is 61.5 cm³/mol. The van der Waals surface area contributed by atoms with Crippen LogP contribution in [0.2, 0.25) is 0 Å². The maximum atomic E-state index is 3.77. The number of aromatic nitrogens is 1. The molecule has 0 saturated carbocycles. The molecule has 0 saturated heterocycles. The van der Waals surface area contributed by atoms with Gasteiger partial charge >= 0.3 is 0 Å². The fourth-order valence-electron chi connectivity index (χ4n) is 1.74. The third-order valence-corrected chi connectivity index (χ3v) is 2.60. The molecule has 0 aliphatic rings. The second kappa shape index (κ2) is 3.70. The normalized spacial score (nSPS) is 12.9. The Morgan fingerprint density at radius 1 is 1.43 bits per heavy atom. The highest BCUT2D eigenvalue weighted by atomic mass is 14.7. The zero-order valence-electron chi connectivity index (χ0n) is 8.46. The lowest BCUT2D eigenvalue weighted by Crippen LogP contribution is -1.90. The van der Waals surface area contributed by atoms with Crippen molar-refractivity contribution >= 4 is 10.9 Å². The number of allylic oxidation sites excluding steroid dienone is 1. The highest BCUT2D eigenvalue weighted by Gasteiger charge is 2.06. The number of nitrogens with one attached hydrogen (secondary N) is 1. The molecule has 0 aliphatic heterocycles. The monoisotopic (exact) mass is 185 g/mol. The second-order valence-corrected chi connectivity index (χ2v) is 3.74. The zero-order valence-corrected chi connectivity index (χ0v) is 8.46. The minimum absolute atomic E-state index is 0.528. The molecule has 1 unspecified atom stereocenters. The lowest BCUT2D eigenvalue weighted by atomic mass is 10.0. The van der Waals surface area contributed by atoms with Crippen molar-refractivity contribution in [1.29, 1.82) is 0 Å². The highest BCUT2D eigenvalue weighted by molar-refractivity contribution is 5.80. The summed E-state index contributed by atoms with van der Waals surface area (Å²) in [5.41, 5.74) is 2.52. The van der Waals surface area contributed by atoms with E-state index in [0.29, 0.717) is 5.92 Å². The molecule has 14 heavy (non-hydrogen) atoms. The Kier molecular flexibility index (Phi) is 2.40. The molecule has 0 aliphatic carbocycles. The van der Waals surface area contributed by atoms with Crippen LogP contribution in [-0.2, 0) is 0 Å². The predicted octanol–water partition coefficient (Wildman–Crippen LogP) is 3.85. The number of fused-ring (bicyclic) bond motifs is 1. The van der Waals surface area contributed by atoms with Gasteiger partial charge in [-0.15, -0.1) is 6.58 Å². The molecule has 1 heterocycles. The minimum Gasteiger partial charge on any atom is -0.358 e. The summed E-state index contributed by atoms with van der Waals surface area (Å²) >= 11 is 0. The van der Waals surface area contributed by atoms with E-state index in [1.165, 1.54) is 16.6 Å². The third kappa shape index (κ3) is 1.58. The summed E-state index contributed by atoms with van der Waals surface area (Å²) in [6.45, 7) is 5.98. The van der Waals surface area contributed by atoms with Gasteiger partial charge in [0.1, 0.15) is 0 Å². The van der Waals surface area contributed by atoms with Crippen LogP contribution in [0.4, 0.5) is 0 Å². The van der Waals surface area contributed by atoms with Gasteiger partial charge in [-0.3, -0.25) is 0 Å². The highest BCUT2D eigenvalue weighted by Crippen LogP contribution is 2.23. The van der Waals surface area contributed by atoms with Gasteiger partial charge in [-0.05, 0) is 29.9 Å². The molecular weight excluding hydrogens is 170 g/mol. The SMILES string of the molecule is C=CCC(C)c1cc2ccccc2[nH]1. The Labute approximate surface area is 84.5 Å². The van der Waals surface area contributed by atoms with Crippen LogP contribution < -0.4 is 0 Å². The number of hydrogen-bond acceptors (Lipinski definition) is 0. The standard InChI is InChI=1S/C13H15N/c1-3-6-10(2)13-9-11-7-4-5-8-12(11)14-13/h3-5,7-10,14H,1,6H2,2H3. The fourth-order valence-corrected chi connectivity index (χ4v) is 1.74. The number of hydrogen-bond donors (Lipinski definition) is 1. The first-order valence-corrected chi connectivity index (χ1v) is 5.00. The molecule has 1 N–H and O–H groups in total. The van der Waals surface area contributed by atoms with E-state index >= 15 is 0 Å². The molecule has 1 aromatic carbocycles. The molecule has 1 atom stereocenters. The van der Waals surface area contributed by atoms with Gasteiger partial charge in [0.15, 0.2) is 0 Å². The summed E-state index contributed by atoms with van der Waals surface area (Å²) in [5, 5.41) is 1.29. The first kappa shape index (κ1) is 9.07. The van der Waals surface area contributed by atoms with Crippen molar-refractivity contribution in [2.75, 3.05) is 0 Å². The van der Waals surface area contributed by atoms with E-state index in [4.69, 9.17) is 0 Å². The van der Waals surface area contributed by atoms with Gasteiger partial charge in [-0.25, -0.2) is 0 Å². The van der Waals surface area contributed by atoms with Crippen molar-refractivity contribution in [1.82, 2.24) is 4.98 Å². The maximum Gasteiger partial charge on any atom is 0.0456 e. The Morgan fingerprint density at radius 3 is 2.93 bits per heavy atom. The van der Waals surface area contributed by atoms with E-state index in [-0.39, 0.29) is 0 Å². The molecule has 0 amide bonds. The number of aromatic amines is 1. The first-order chi connectivity index (χ1) is 6.81. The van der Waals surface area contributed by atoms with Gasteiger partial charge in [0, 0.05) is 11.2 Å². The quantitative estimate of drug-likeness (QED) is 0.699. The van der Waals surface area contributed by atoms with Gasteiger partial charge < -0.3 is 4.98 Å². The zero-order chi connectivity index (χ0) is 9.97. The molecule has 0 bridgehead atoms. The topological polar surface area (TPSA) is 15.8 Å². The van der Waals surface area contributed by atoms with Gasteiger partial charge in [0.2, 0.25) is 0 Å². The van der Waals surface area contributed by atoms with E-state index in [1.54, 1.807) is 0 Å². The van der Waals surface area contributed by atoms with Crippen molar-refractivity contribution in [3.63, 3.8) is 0 Å². The van der Waals surface area contributed by atoms with E-state index in [2.05, 4.69) is 48.8 Å². The average molecular weight is 185 g/mol. The molecule has 2 aromatic rings. The summed E-state index contributed by atoms with van der Waals surface area (Å²) in [7, 11) is 0. The Bertz CT molecular complexity index is 406. The molecular formula is C13H15N. The Morgan fingerprint density at radius 2 is 2.21 bits per heavy atom. The third-order valence-electron chi connectivity index (χ3n) is 2.60. The molecule has 0 fully saturated rings. The Balaban J connectivity index is 2.39. The van der Waals surface area contributed by atoms with Crippen molar-refractivity contribution in [3.8, 4) is 0 Å². The van der Waals surface area contributed by atoms with Gasteiger partial charge in [0.05, 0.1) is 0 Å². The smallest absolute Gasteiger partial charge is 0.0456 e. The summed E-state index contributed by atoms with van der Waals surface area (Å²) in [6.07, 6.45) is 2.99. The van der Waals surface area contributed by atoms with Crippen molar-refractivity contribution in [3.05, 3.63) is 48.7 Å². The lowest BCUT2D eigenvalue weighted by Gasteiger charge is -2.04. The fraction of sp³-hybridized carbons (Fsp3) is 0.231. The molecule has 72 valence electrons. The molecule has 1 nitrogen and oxygen atoms in total. The lowest BCUT2D eigenvalue weighted by molar-refractivity contribution is 0.760. The number of para-hydroxylation sites is 1. The van der Waals surface area contributed by atoms with Crippen LogP contribution in [0.15, 0.2) is 43.0 Å². The summed E-state index contributed by atoms with van der Waals surface area (Å²) < 4.78 is 0. The van der Waals surface area contributed by atoms with Crippen LogP contribution >= 0.6 is 0 Å². The first-order valence-electron chi connectivity index (χ1n) is 5.00. The van der Waals surface area contributed by atoms with E-state index in [9.17, 15) is 0 Å². The van der Waals surface area contributed by atoms with Crippen LogP contribution in [0.3, 0.4) is 0 Å². The molecule has 0 radical (unpaired) electrons. The van der Waals surface area contributed by atoms with Gasteiger partial charge in [-0.2, -0.15) is 0 Å². The van der Waals surface area contributed by atoms with Crippen LogP contribution in [0.1, 0.15) is 25.0 Å². The van der Waals surface area contributed by atoms with Crippen LogP contribution in [0.25, 0.3) is 10.9 Å². The largest absolute Gasteiger partial charge is 0.358 e. The number of rotatable bonds is 3. The summed E-state index contributed by atoms with van der Waals surface area (Å²) in [5.74, 6) is 0.528. The molecule has 1 heteroatoms. The average Bonchev–Trinajstić information content (AvgIpc) is 2.61.